The van der Waals surface area contributed by atoms with E-state index < -0.39 is 14.4 Å². The van der Waals surface area contributed by atoms with Crippen LogP contribution in [0.15, 0.2) is 72.1 Å². The number of para-hydroxylation sites is 2. The Morgan fingerprint density at radius 3 is 2.15 bits per heavy atom. The molecule has 138 valence electrons. The number of rotatable bonds is 7. The van der Waals surface area contributed by atoms with E-state index in [0.29, 0.717) is 36.5 Å². The van der Waals surface area contributed by atoms with Crippen LogP contribution in [-0.4, -0.2) is 18.4 Å². The van der Waals surface area contributed by atoms with Crippen molar-refractivity contribution in [3.63, 3.8) is 0 Å². The van der Waals surface area contributed by atoms with Crippen LogP contribution in [0.5, 0.6) is 11.5 Å². The minimum absolute atomic E-state index is 0.247. The molecule has 1 heterocycles. The fourth-order valence-corrected chi connectivity index (χ4v) is 4.46. The molecule has 1 aliphatic rings. The van der Waals surface area contributed by atoms with Gasteiger partial charge in [-0.15, -0.1) is 0 Å². The van der Waals surface area contributed by atoms with Crippen LogP contribution in [0.4, 0.5) is 4.39 Å². The molecule has 2 atom stereocenters. The van der Waals surface area contributed by atoms with Crippen molar-refractivity contribution in [3.05, 3.63) is 72.1 Å². The Bertz CT molecular complexity index is 686. The normalized spacial score (nSPS) is 20.1. The summed E-state index contributed by atoms with van der Waals surface area (Å²) < 4.78 is 27.1. The predicted octanol–water partition coefficient (Wildman–Crippen LogP) is 4.74. The first-order valence-corrected chi connectivity index (χ1v) is 10.1. The average molecular weight is 374 g/mol. The molecule has 3 rings (SSSR count). The lowest BCUT2D eigenvalue weighted by Gasteiger charge is -2.25. The van der Waals surface area contributed by atoms with Gasteiger partial charge in [0.2, 0.25) is 0 Å². The van der Waals surface area contributed by atoms with Crippen LogP contribution in [0, 0.1) is 0 Å². The first-order chi connectivity index (χ1) is 12.7. The molecule has 1 aliphatic heterocycles. The fourth-order valence-electron chi connectivity index (χ4n) is 2.77. The van der Waals surface area contributed by atoms with Gasteiger partial charge in [0.05, 0.1) is 6.04 Å². The molecule has 0 amide bonds. The number of hydrogen-bond acceptors (Lipinski definition) is 4. The van der Waals surface area contributed by atoms with Gasteiger partial charge in [0.1, 0.15) is 23.1 Å². The van der Waals surface area contributed by atoms with E-state index in [0.717, 1.165) is 0 Å². The molecule has 0 saturated carbocycles. The zero-order chi connectivity index (χ0) is 18.4. The van der Waals surface area contributed by atoms with Crippen molar-refractivity contribution < 1.29 is 13.4 Å². The summed E-state index contributed by atoms with van der Waals surface area (Å²) in [6.45, 7) is 2.56. The summed E-state index contributed by atoms with van der Waals surface area (Å²) in [5.41, 5.74) is 6.59. The molecule has 4 nitrogen and oxygen atoms in total. The van der Waals surface area contributed by atoms with Crippen molar-refractivity contribution in [1.82, 2.24) is 5.32 Å². The Morgan fingerprint density at radius 2 is 1.65 bits per heavy atom. The highest BCUT2D eigenvalue weighted by Crippen LogP contribution is 2.49. The molecule has 1 saturated heterocycles. The van der Waals surface area contributed by atoms with E-state index in [1.54, 1.807) is 0 Å². The molecule has 2 unspecified atom stereocenters. The fraction of sp³-hybridized carbons (Fsp3) is 0.300. The summed E-state index contributed by atoms with van der Waals surface area (Å²) in [6.07, 6.45) is 1.17. The largest absolute Gasteiger partial charge is 0.437 e. The van der Waals surface area contributed by atoms with Crippen molar-refractivity contribution in [1.29, 1.82) is 0 Å². The summed E-state index contributed by atoms with van der Waals surface area (Å²) in [6, 6.07) is 18.3. The van der Waals surface area contributed by atoms with E-state index in [9.17, 15) is 4.39 Å². The van der Waals surface area contributed by atoms with Crippen LogP contribution in [0.25, 0.3) is 0 Å². The molecule has 0 aromatic heterocycles. The number of nitrogens with one attached hydrogen (secondary N) is 1. The third-order valence-corrected chi connectivity index (χ3v) is 5.92. The van der Waals surface area contributed by atoms with Crippen molar-refractivity contribution in [2.75, 3.05) is 6.54 Å². The van der Waals surface area contributed by atoms with E-state index in [-0.39, 0.29) is 11.6 Å². The highest BCUT2D eigenvalue weighted by Gasteiger charge is 2.37. The van der Waals surface area contributed by atoms with Crippen molar-refractivity contribution in [2.24, 2.45) is 5.73 Å². The Balaban J connectivity index is 1.88. The molecule has 0 radical (unpaired) electrons. The van der Waals surface area contributed by atoms with Gasteiger partial charge in [0.15, 0.2) is 0 Å². The standard InChI is InChI=1S/C20H24FN2O2P/c1-2-18(22)19(21)17-13-14-23-20(17)26(24-15-9-5-3-6-10-15)25-16-11-7-4-8-12-16/h3-12,18,20,23H,2,13-14,22H2,1H3/b19-17-. The van der Waals surface area contributed by atoms with Gasteiger partial charge in [-0.05, 0) is 42.7 Å². The maximum Gasteiger partial charge on any atom is 0.313 e. The van der Waals surface area contributed by atoms with Crippen LogP contribution in [0.1, 0.15) is 19.8 Å². The van der Waals surface area contributed by atoms with E-state index in [4.69, 9.17) is 14.8 Å². The van der Waals surface area contributed by atoms with E-state index in [2.05, 4.69) is 5.32 Å². The van der Waals surface area contributed by atoms with Gasteiger partial charge in [-0.2, -0.15) is 0 Å². The first-order valence-electron chi connectivity index (χ1n) is 8.81. The Hall–Kier alpha value is -1.94. The van der Waals surface area contributed by atoms with Crippen LogP contribution >= 0.6 is 8.38 Å². The number of nitrogens with two attached hydrogens (primary N) is 1. The predicted molar refractivity (Wildman–Crippen MR) is 104 cm³/mol. The molecule has 2 aromatic carbocycles. The minimum Gasteiger partial charge on any atom is -0.437 e. The molecule has 0 spiro atoms. The lowest BCUT2D eigenvalue weighted by molar-refractivity contribution is 0.468. The van der Waals surface area contributed by atoms with E-state index >= 15 is 0 Å². The maximum absolute atomic E-state index is 14.8. The van der Waals surface area contributed by atoms with Crippen molar-refractivity contribution in [3.8, 4) is 11.5 Å². The summed E-state index contributed by atoms with van der Waals surface area (Å²) >= 11 is 0. The van der Waals surface area contributed by atoms with Gasteiger partial charge in [0.25, 0.3) is 0 Å². The van der Waals surface area contributed by atoms with Gasteiger partial charge in [-0.3, -0.25) is 0 Å². The van der Waals surface area contributed by atoms with Gasteiger partial charge < -0.3 is 20.1 Å². The van der Waals surface area contributed by atoms with Crippen molar-refractivity contribution in [2.45, 2.75) is 31.6 Å². The summed E-state index contributed by atoms with van der Waals surface area (Å²) in [5, 5.41) is 3.33. The summed E-state index contributed by atoms with van der Waals surface area (Å²) in [7, 11) is -1.48. The third kappa shape index (κ3) is 4.61. The minimum atomic E-state index is -1.48. The average Bonchev–Trinajstić information content (AvgIpc) is 3.17. The summed E-state index contributed by atoms with van der Waals surface area (Å²) in [5.74, 6) is 0.817. The van der Waals surface area contributed by atoms with Gasteiger partial charge in [-0.1, -0.05) is 43.3 Å². The highest BCUT2D eigenvalue weighted by atomic mass is 31.2. The van der Waals surface area contributed by atoms with Crippen LogP contribution in [-0.2, 0) is 0 Å². The molecular weight excluding hydrogens is 350 g/mol. The Labute approximate surface area is 155 Å². The summed E-state index contributed by atoms with van der Waals surface area (Å²) in [4.78, 5) is 0. The lowest BCUT2D eigenvalue weighted by atomic mass is 10.1. The molecule has 2 aromatic rings. The van der Waals surface area contributed by atoms with Gasteiger partial charge >= 0.3 is 8.38 Å². The smallest absolute Gasteiger partial charge is 0.313 e. The second-order valence-electron chi connectivity index (χ2n) is 6.09. The highest BCUT2D eigenvalue weighted by molar-refractivity contribution is 7.49. The maximum atomic E-state index is 14.8. The van der Waals surface area contributed by atoms with E-state index in [1.807, 2.05) is 67.6 Å². The molecular formula is C20H24FN2O2P. The van der Waals surface area contributed by atoms with Crippen molar-refractivity contribution >= 4 is 8.38 Å². The molecule has 1 fully saturated rings. The van der Waals surface area contributed by atoms with Crippen LogP contribution < -0.4 is 20.1 Å². The second-order valence-corrected chi connectivity index (χ2v) is 7.54. The quantitative estimate of drug-likeness (QED) is 0.688. The number of benzene rings is 2. The Kier molecular flexibility index (Phi) is 6.62. The van der Waals surface area contributed by atoms with Crippen LogP contribution in [0.2, 0.25) is 0 Å². The molecule has 0 bridgehead atoms. The molecule has 3 N–H and O–H groups in total. The number of halogens is 1. The van der Waals surface area contributed by atoms with Crippen LogP contribution in [0.3, 0.4) is 0 Å². The zero-order valence-corrected chi connectivity index (χ0v) is 15.7. The topological polar surface area (TPSA) is 56.5 Å². The zero-order valence-electron chi connectivity index (χ0n) is 14.8. The molecule has 26 heavy (non-hydrogen) atoms. The van der Waals surface area contributed by atoms with Gasteiger partial charge in [-0.25, -0.2) is 4.39 Å². The molecule has 0 aliphatic carbocycles. The number of hydrogen-bond donors (Lipinski definition) is 2. The third-order valence-electron chi connectivity index (χ3n) is 4.22. The van der Waals surface area contributed by atoms with E-state index in [1.165, 1.54) is 0 Å². The Morgan fingerprint density at radius 1 is 1.12 bits per heavy atom. The second kappa shape index (κ2) is 9.13. The monoisotopic (exact) mass is 374 g/mol. The van der Waals surface area contributed by atoms with Gasteiger partial charge in [0, 0.05) is 6.54 Å². The first kappa shape index (κ1) is 18.8. The molecule has 6 heteroatoms. The SMILES string of the molecule is CCC(N)/C(F)=C1\CCNC1P(Oc1ccccc1)Oc1ccccc1. The lowest BCUT2D eigenvalue weighted by Crippen LogP contribution is -2.28.